The summed E-state index contributed by atoms with van der Waals surface area (Å²) < 4.78 is 53.2. The number of rotatable bonds is 6. The highest BCUT2D eigenvalue weighted by Gasteiger charge is 2.38. The first-order valence-electron chi connectivity index (χ1n) is 8.00. The minimum absolute atomic E-state index is 0.0782. The van der Waals surface area contributed by atoms with E-state index in [9.17, 15) is 22.4 Å². The minimum atomic E-state index is -4.61. The van der Waals surface area contributed by atoms with Crippen LogP contribution in [0.25, 0.3) is 0 Å². The molecule has 2 N–H and O–H groups in total. The molecule has 1 aromatic heterocycles. The van der Waals surface area contributed by atoms with Gasteiger partial charge in [0.15, 0.2) is 5.69 Å². The molecule has 0 spiro atoms. The number of carbonyl (C=O) groups excluding carboxylic acids is 1. The van der Waals surface area contributed by atoms with Gasteiger partial charge >= 0.3 is 6.18 Å². The zero-order valence-electron chi connectivity index (χ0n) is 13.8. The van der Waals surface area contributed by atoms with Crippen LogP contribution in [0.5, 0.6) is 0 Å². The first-order chi connectivity index (χ1) is 12.3. The third-order valence-electron chi connectivity index (χ3n) is 4.03. The molecular formula is C16H17F4N5O. The molecule has 1 heterocycles. The fraction of sp³-hybridized carbons (Fsp3) is 0.438. The lowest BCUT2D eigenvalue weighted by molar-refractivity contribution is -0.144. The normalized spacial score (nSPS) is 15.7. The summed E-state index contributed by atoms with van der Waals surface area (Å²) in [6.45, 7) is -0.317. The molecule has 1 aliphatic carbocycles. The summed E-state index contributed by atoms with van der Waals surface area (Å²) >= 11 is 0. The summed E-state index contributed by atoms with van der Waals surface area (Å²) in [4.78, 5) is 12.5. The van der Waals surface area contributed by atoms with Gasteiger partial charge in [0.25, 0.3) is 0 Å². The number of benzene rings is 1. The third kappa shape index (κ3) is 4.18. The predicted molar refractivity (Wildman–Crippen MR) is 83.2 cm³/mol. The third-order valence-corrected chi connectivity index (χ3v) is 4.03. The number of aromatic nitrogens is 3. The SMILES string of the molecule is Cn1nnc(CNC(C(=O)NC2CC2)c2ccc(F)cc2)c1C(F)(F)F. The number of aryl methyl sites for hydroxylation is 1. The zero-order chi connectivity index (χ0) is 18.9. The topological polar surface area (TPSA) is 71.8 Å². The Kier molecular flexibility index (Phi) is 4.94. The molecule has 1 fully saturated rings. The summed E-state index contributed by atoms with van der Waals surface area (Å²) in [7, 11) is 1.15. The number of alkyl halides is 3. The van der Waals surface area contributed by atoms with E-state index in [2.05, 4.69) is 20.9 Å². The Hall–Kier alpha value is -2.49. The lowest BCUT2D eigenvalue weighted by Gasteiger charge is -2.19. The van der Waals surface area contributed by atoms with Crippen LogP contribution in [-0.4, -0.2) is 26.9 Å². The van der Waals surface area contributed by atoms with Gasteiger partial charge in [-0.15, -0.1) is 5.10 Å². The van der Waals surface area contributed by atoms with Crippen molar-refractivity contribution in [3.05, 3.63) is 47.0 Å². The predicted octanol–water partition coefficient (Wildman–Crippen LogP) is 2.08. The number of amides is 1. The maximum absolute atomic E-state index is 13.1. The van der Waals surface area contributed by atoms with Crippen molar-refractivity contribution < 1.29 is 22.4 Å². The largest absolute Gasteiger partial charge is 0.434 e. The Labute approximate surface area is 146 Å². The number of carbonyl (C=O) groups is 1. The van der Waals surface area contributed by atoms with Gasteiger partial charge in [0.05, 0.1) is 0 Å². The summed E-state index contributed by atoms with van der Waals surface area (Å²) in [6.07, 6.45) is -2.88. The van der Waals surface area contributed by atoms with E-state index in [4.69, 9.17) is 0 Å². The molecule has 1 atom stereocenters. The van der Waals surface area contributed by atoms with Gasteiger partial charge in [0.2, 0.25) is 5.91 Å². The van der Waals surface area contributed by atoms with Crippen LogP contribution < -0.4 is 10.6 Å². The van der Waals surface area contributed by atoms with Gasteiger partial charge in [-0.25, -0.2) is 9.07 Å². The van der Waals surface area contributed by atoms with Crippen LogP contribution in [0.15, 0.2) is 24.3 Å². The summed E-state index contributed by atoms with van der Waals surface area (Å²) in [5.41, 5.74) is -0.848. The number of nitrogens with one attached hydrogen (secondary N) is 2. The van der Waals surface area contributed by atoms with E-state index in [1.54, 1.807) is 0 Å². The highest BCUT2D eigenvalue weighted by atomic mass is 19.4. The van der Waals surface area contributed by atoms with Crippen molar-refractivity contribution in [1.82, 2.24) is 25.6 Å². The molecule has 2 aromatic rings. The number of hydrogen-bond acceptors (Lipinski definition) is 4. The van der Waals surface area contributed by atoms with Crippen molar-refractivity contribution in [1.29, 1.82) is 0 Å². The minimum Gasteiger partial charge on any atom is -0.352 e. The van der Waals surface area contributed by atoms with Gasteiger partial charge in [-0.2, -0.15) is 13.2 Å². The van der Waals surface area contributed by atoms with E-state index < -0.39 is 23.7 Å². The fourth-order valence-corrected chi connectivity index (χ4v) is 2.59. The van der Waals surface area contributed by atoms with Crippen molar-refractivity contribution in [2.24, 2.45) is 7.05 Å². The lowest BCUT2D eigenvalue weighted by atomic mass is 10.1. The summed E-state index contributed by atoms with van der Waals surface area (Å²) in [5.74, 6) is -0.847. The van der Waals surface area contributed by atoms with Crippen LogP contribution >= 0.6 is 0 Å². The monoisotopic (exact) mass is 371 g/mol. The van der Waals surface area contributed by atoms with Crippen molar-refractivity contribution >= 4 is 5.91 Å². The zero-order valence-corrected chi connectivity index (χ0v) is 13.8. The molecule has 0 radical (unpaired) electrons. The Morgan fingerprint density at radius 2 is 1.96 bits per heavy atom. The molecule has 1 amide bonds. The highest BCUT2D eigenvalue weighted by molar-refractivity contribution is 5.83. The number of halogens is 4. The molecule has 0 aliphatic heterocycles. The number of hydrogen-bond donors (Lipinski definition) is 2. The van der Waals surface area contributed by atoms with Gasteiger partial charge < -0.3 is 5.32 Å². The van der Waals surface area contributed by atoms with Crippen molar-refractivity contribution in [3.63, 3.8) is 0 Å². The Balaban J connectivity index is 1.80. The Morgan fingerprint density at radius 1 is 1.31 bits per heavy atom. The molecule has 0 bridgehead atoms. The molecule has 3 rings (SSSR count). The maximum Gasteiger partial charge on any atom is 0.434 e. The molecule has 0 saturated heterocycles. The molecule has 1 aromatic carbocycles. The molecule has 140 valence electrons. The summed E-state index contributed by atoms with van der Waals surface area (Å²) in [6, 6.07) is 4.37. The maximum atomic E-state index is 13.1. The standard InChI is InChI=1S/C16H17F4N5O/c1-25-14(16(18,19)20)12(23-24-25)8-21-13(15(26)22-11-6-7-11)9-2-4-10(17)5-3-9/h2-5,11,13,21H,6-8H2,1H3,(H,22,26). The second kappa shape index (κ2) is 7.02. The first kappa shape index (κ1) is 18.3. The average Bonchev–Trinajstić information content (AvgIpc) is 3.28. The van der Waals surface area contributed by atoms with Gasteiger partial charge in [-0.3, -0.25) is 10.1 Å². The lowest BCUT2D eigenvalue weighted by Crippen LogP contribution is -2.38. The van der Waals surface area contributed by atoms with Crippen LogP contribution in [-0.2, 0) is 24.6 Å². The van der Waals surface area contributed by atoms with E-state index >= 15 is 0 Å². The Bertz CT molecular complexity index is 783. The van der Waals surface area contributed by atoms with Crippen molar-refractivity contribution in [2.45, 2.75) is 37.6 Å². The molecule has 1 saturated carbocycles. The Morgan fingerprint density at radius 3 is 2.54 bits per heavy atom. The second-order valence-electron chi connectivity index (χ2n) is 6.15. The van der Waals surface area contributed by atoms with Crippen molar-refractivity contribution in [2.75, 3.05) is 0 Å². The van der Waals surface area contributed by atoms with E-state index in [1.165, 1.54) is 24.3 Å². The quantitative estimate of drug-likeness (QED) is 0.763. The molecule has 1 aliphatic rings. The molecule has 6 nitrogen and oxygen atoms in total. The van der Waals surface area contributed by atoms with Gasteiger partial charge in [-0.1, -0.05) is 17.3 Å². The van der Waals surface area contributed by atoms with E-state index in [0.29, 0.717) is 10.2 Å². The second-order valence-corrected chi connectivity index (χ2v) is 6.15. The van der Waals surface area contributed by atoms with Gasteiger partial charge in [-0.05, 0) is 30.5 Å². The van der Waals surface area contributed by atoms with E-state index in [1.807, 2.05) is 0 Å². The fourth-order valence-electron chi connectivity index (χ4n) is 2.59. The average molecular weight is 371 g/mol. The number of nitrogens with zero attached hydrogens (tertiary/aromatic N) is 3. The van der Waals surface area contributed by atoms with Gasteiger partial charge in [0.1, 0.15) is 17.6 Å². The van der Waals surface area contributed by atoms with Crippen LogP contribution in [0.1, 0.15) is 35.8 Å². The van der Waals surface area contributed by atoms with Crippen LogP contribution in [0, 0.1) is 5.82 Å². The smallest absolute Gasteiger partial charge is 0.352 e. The van der Waals surface area contributed by atoms with E-state index in [-0.39, 0.29) is 24.2 Å². The highest BCUT2D eigenvalue weighted by Crippen LogP contribution is 2.31. The molecule has 26 heavy (non-hydrogen) atoms. The molecule has 10 heteroatoms. The molecule has 1 unspecified atom stereocenters. The first-order valence-corrected chi connectivity index (χ1v) is 8.00. The van der Waals surface area contributed by atoms with Crippen LogP contribution in [0.2, 0.25) is 0 Å². The summed E-state index contributed by atoms with van der Waals surface area (Å²) in [5, 5.41) is 12.5. The van der Waals surface area contributed by atoms with Crippen LogP contribution in [0.3, 0.4) is 0 Å². The van der Waals surface area contributed by atoms with Crippen LogP contribution in [0.4, 0.5) is 17.6 Å². The molecular weight excluding hydrogens is 354 g/mol. The van der Waals surface area contributed by atoms with E-state index in [0.717, 1.165) is 19.9 Å². The van der Waals surface area contributed by atoms with Crippen molar-refractivity contribution in [3.8, 4) is 0 Å². The van der Waals surface area contributed by atoms with Gasteiger partial charge in [0, 0.05) is 19.6 Å².